The summed E-state index contributed by atoms with van der Waals surface area (Å²) in [5.41, 5.74) is 1.48. The number of hydrogen-bond acceptors (Lipinski definition) is 3. The van der Waals surface area contributed by atoms with Crippen LogP contribution in [0.3, 0.4) is 0 Å². The molecule has 0 atom stereocenters. The van der Waals surface area contributed by atoms with E-state index < -0.39 is 5.97 Å². The molecule has 1 aromatic heterocycles. The van der Waals surface area contributed by atoms with Crippen LogP contribution in [0.1, 0.15) is 20.8 Å². The van der Waals surface area contributed by atoms with Crippen LogP contribution in [0.2, 0.25) is 0 Å². The van der Waals surface area contributed by atoms with Gasteiger partial charge in [-0.25, -0.2) is 4.79 Å². The number of hydrogen-bond donors (Lipinski definition) is 1. The Labute approximate surface area is 97.3 Å². The van der Waals surface area contributed by atoms with Gasteiger partial charge in [0.05, 0.1) is 12.2 Å². The zero-order chi connectivity index (χ0) is 11.7. The number of fused-ring (bicyclic) bond motifs is 1. The smallest absolute Gasteiger partial charge is 0.337 e. The predicted octanol–water partition coefficient (Wildman–Crippen LogP) is 3.05. The minimum atomic E-state index is -0.858. The summed E-state index contributed by atoms with van der Waals surface area (Å²) in [4.78, 5) is 11.9. The van der Waals surface area contributed by atoms with Crippen molar-refractivity contribution >= 4 is 27.4 Å². The number of carbonyl (C=O) groups is 1. The normalized spacial score (nSPS) is 10.9. The Morgan fingerprint density at radius 2 is 2.25 bits per heavy atom. The van der Waals surface area contributed by atoms with E-state index >= 15 is 0 Å². The Kier molecular flexibility index (Phi) is 2.94. The molecule has 3 nitrogen and oxygen atoms in total. The molecule has 16 heavy (non-hydrogen) atoms. The molecular weight excluding hydrogens is 224 g/mol. The van der Waals surface area contributed by atoms with Gasteiger partial charge < -0.3 is 9.84 Å². The molecule has 0 aliphatic heterocycles. The molecule has 0 fully saturated rings. The molecule has 0 spiro atoms. The van der Waals surface area contributed by atoms with Gasteiger partial charge in [-0.15, -0.1) is 11.3 Å². The van der Waals surface area contributed by atoms with E-state index in [9.17, 15) is 4.79 Å². The second-order valence-corrected chi connectivity index (χ2v) is 4.86. The van der Waals surface area contributed by atoms with Gasteiger partial charge in [0.2, 0.25) is 0 Å². The lowest BCUT2D eigenvalue weighted by Gasteiger charge is -1.99. The third kappa shape index (κ3) is 1.81. The van der Waals surface area contributed by atoms with Crippen molar-refractivity contribution in [3.63, 3.8) is 0 Å². The van der Waals surface area contributed by atoms with Crippen molar-refractivity contribution in [2.24, 2.45) is 0 Å². The van der Waals surface area contributed by atoms with Crippen molar-refractivity contribution in [2.45, 2.75) is 13.5 Å². The van der Waals surface area contributed by atoms with Crippen molar-refractivity contribution in [3.8, 4) is 0 Å². The number of carboxylic acid groups (broad SMARTS) is 1. The molecular formula is C12H12O3S. The van der Waals surface area contributed by atoms with Gasteiger partial charge >= 0.3 is 5.97 Å². The van der Waals surface area contributed by atoms with E-state index in [-0.39, 0.29) is 0 Å². The summed E-state index contributed by atoms with van der Waals surface area (Å²) in [7, 11) is 1.65. The van der Waals surface area contributed by atoms with Crippen LogP contribution in [0, 0.1) is 6.92 Å². The van der Waals surface area contributed by atoms with Gasteiger partial charge in [-0.2, -0.15) is 0 Å². The first-order valence-electron chi connectivity index (χ1n) is 4.87. The van der Waals surface area contributed by atoms with Gasteiger partial charge in [0.15, 0.2) is 0 Å². The Morgan fingerprint density at radius 3 is 2.88 bits per heavy atom. The van der Waals surface area contributed by atoms with E-state index in [1.807, 2.05) is 25.1 Å². The Morgan fingerprint density at radius 1 is 1.50 bits per heavy atom. The number of methoxy groups -OCH3 is 1. The summed E-state index contributed by atoms with van der Waals surface area (Å²) in [6, 6.07) is 5.75. The van der Waals surface area contributed by atoms with E-state index in [0.717, 1.165) is 20.5 Å². The number of aryl methyl sites for hydroxylation is 1. The van der Waals surface area contributed by atoms with Crippen molar-refractivity contribution in [2.75, 3.05) is 7.11 Å². The van der Waals surface area contributed by atoms with Crippen LogP contribution < -0.4 is 0 Å². The van der Waals surface area contributed by atoms with E-state index in [1.54, 1.807) is 7.11 Å². The largest absolute Gasteiger partial charge is 0.478 e. The lowest BCUT2D eigenvalue weighted by atomic mass is 10.1. The molecule has 4 heteroatoms. The number of thiophene rings is 1. The SMILES string of the molecule is COCc1ccc2c(C(=O)O)c(C)sc2c1. The third-order valence-corrected chi connectivity index (χ3v) is 3.52. The Hall–Kier alpha value is -1.39. The first-order chi connectivity index (χ1) is 7.63. The summed E-state index contributed by atoms with van der Waals surface area (Å²) >= 11 is 1.51. The molecule has 1 heterocycles. The summed E-state index contributed by atoms with van der Waals surface area (Å²) in [6.07, 6.45) is 0. The van der Waals surface area contributed by atoms with Gasteiger partial charge in [0.1, 0.15) is 0 Å². The third-order valence-electron chi connectivity index (χ3n) is 2.46. The molecule has 84 valence electrons. The molecule has 0 amide bonds. The Balaban J connectivity index is 2.60. The fourth-order valence-electron chi connectivity index (χ4n) is 1.79. The molecule has 2 rings (SSSR count). The van der Waals surface area contributed by atoms with Gasteiger partial charge in [-0.3, -0.25) is 0 Å². The maximum absolute atomic E-state index is 11.1. The van der Waals surface area contributed by atoms with Crippen LogP contribution in [0.15, 0.2) is 18.2 Å². The first-order valence-corrected chi connectivity index (χ1v) is 5.69. The van der Waals surface area contributed by atoms with Crippen molar-refractivity contribution in [3.05, 3.63) is 34.2 Å². The minimum Gasteiger partial charge on any atom is -0.478 e. The van der Waals surface area contributed by atoms with E-state index in [1.165, 1.54) is 11.3 Å². The van der Waals surface area contributed by atoms with Gasteiger partial charge in [-0.05, 0) is 18.6 Å². The molecule has 0 radical (unpaired) electrons. The average Bonchev–Trinajstić information content (AvgIpc) is 2.53. The predicted molar refractivity (Wildman–Crippen MR) is 64.2 cm³/mol. The topological polar surface area (TPSA) is 46.5 Å². The second-order valence-electron chi connectivity index (χ2n) is 3.60. The maximum atomic E-state index is 11.1. The monoisotopic (exact) mass is 236 g/mol. The summed E-state index contributed by atoms with van der Waals surface area (Å²) in [5, 5.41) is 9.92. The van der Waals surface area contributed by atoms with Gasteiger partial charge in [-0.1, -0.05) is 12.1 Å². The molecule has 0 saturated carbocycles. The highest BCUT2D eigenvalue weighted by Crippen LogP contribution is 2.31. The summed E-state index contributed by atoms with van der Waals surface area (Å²) < 4.78 is 6.05. The minimum absolute atomic E-state index is 0.420. The zero-order valence-corrected chi connectivity index (χ0v) is 9.93. The van der Waals surface area contributed by atoms with Crippen LogP contribution in [-0.4, -0.2) is 18.2 Å². The quantitative estimate of drug-likeness (QED) is 0.890. The molecule has 1 aromatic carbocycles. The molecule has 0 aliphatic rings. The Bertz CT molecular complexity index is 542. The van der Waals surface area contributed by atoms with Crippen molar-refractivity contribution in [1.29, 1.82) is 0 Å². The zero-order valence-electron chi connectivity index (χ0n) is 9.11. The second kappa shape index (κ2) is 4.23. The first kappa shape index (κ1) is 11.1. The number of benzene rings is 1. The molecule has 0 bridgehead atoms. The van der Waals surface area contributed by atoms with Gasteiger partial charge in [0.25, 0.3) is 0 Å². The fraction of sp³-hybridized carbons (Fsp3) is 0.250. The summed E-state index contributed by atoms with van der Waals surface area (Å²) in [5.74, 6) is -0.858. The van der Waals surface area contributed by atoms with Crippen LogP contribution >= 0.6 is 11.3 Å². The lowest BCUT2D eigenvalue weighted by molar-refractivity contribution is 0.0699. The highest BCUT2D eigenvalue weighted by molar-refractivity contribution is 7.19. The molecule has 2 aromatic rings. The molecule has 0 saturated heterocycles. The van der Waals surface area contributed by atoms with Crippen LogP contribution in [-0.2, 0) is 11.3 Å². The highest BCUT2D eigenvalue weighted by atomic mass is 32.1. The highest BCUT2D eigenvalue weighted by Gasteiger charge is 2.15. The standard InChI is InChI=1S/C12H12O3S/c1-7-11(12(13)14)9-4-3-8(6-15-2)5-10(9)16-7/h3-5H,6H2,1-2H3,(H,13,14). The molecule has 0 aliphatic carbocycles. The average molecular weight is 236 g/mol. The maximum Gasteiger partial charge on any atom is 0.337 e. The van der Waals surface area contributed by atoms with Crippen molar-refractivity contribution in [1.82, 2.24) is 0 Å². The number of carboxylic acids is 1. The molecule has 0 unspecified atom stereocenters. The van der Waals surface area contributed by atoms with Crippen LogP contribution in [0.5, 0.6) is 0 Å². The van der Waals surface area contributed by atoms with Crippen molar-refractivity contribution < 1.29 is 14.6 Å². The van der Waals surface area contributed by atoms with E-state index in [0.29, 0.717) is 12.2 Å². The number of aromatic carboxylic acids is 1. The fourth-order valence-corrected chi connectivity index (χ4v) is 2.91. The number of rotatable bonds is 3. The van der Waals surface area contributed by atoms with Crippen LogP contribution in [0.25, 0.3) is 10.1 Å². The van der Waals surface area contributed by atoms with E-state index in [2.05, 4.69) is 0 Å². The summed E-state index contributed by atoms with van der Waals surface area (Å²) in [6.45, 7) is 2.39. The van der Waals surface area contributed by atoms with E-state index in [4.69, 9.17) is 9.84 Å². The van der Waals surface area contributed by atoms with Crippen LogP contribution in [0.4, 0.5) is 0 Å². The van der Waals surface area contributed by atoms with Gasteiger partial charge in [0, 0.05) is 22.1 Å². The molecule has 1 N–H and O–H groups in total. The number of ether oxygens (including phenoxy) is 1. The lowest BCUT2D eigenvalue weighted by Crippen LogP contribution is -1.96.